The Morgan fingerprint density at radius 1 is 0.972 bits per heavy atom. The van der Waals surface area contributed by atoms with E-state index in [9.17, 15) is 35.9 Å². The number of nitrogens with one attached hydrogen (secondary N) is 3. The molecule has 1 saturated carbocycles. The van der Waals surface area contributed by atoms with Crippen molar-refractivity contribution in [1.29, 1.82) is 0 Å². The van der Waals surface area contributed by atoms with E-state index in [1.807, 2.05) is 19.2 Å². The van der Waals surface area contributed by atoms with E-state index in [4.69, 9.17) is 4.74 Å². The lowest BCUT2D eigenvalue weighted by atomic mass is 10.0. The van der Waals surface area contributed by atoms with Gasteiger partial charge in [-0.2, -0.15) is 26.3 Å². The zero-order chi connectivity index (χ0) is 26.4. The number of benzene rings is 2. The highest BCUT2D eigenvalue weighted by Gasteiger charge is 2.43. The molecule has 4 rings (SSSR count). The molecule has 2 aromatic carbocycles. The molecule has 1 fully saturated rings. The summed E-state index contributed by atoms with van der Waals surface area (Å²) in [5.74, 6) is -4.20. The Labute approximate surface area is 201 Å². The maximum absolute atomic E-state index is 13.9. The maximum atomic E-state index is 13.9. The van der Waals surface area contributed by atoms with Crippen molar-refractivity contribution >= 4 is 28.4 Å². The Morgan fingerprint density at radius 2 is 1.58 bits per heavy atom. The van der Waals surface area contributed by atoms with Crippen molar-refractivity contribution in [3.05, 3.63) is 53.2 Å². The summed E-state index contributed by atoms with van der Waals surface area (Å²) in [6.45, 7) is 3.77. The predicted octanol–water partition coefficient (Wildman–Crippen LogP) is 6.34. The fourth-order valence-corrected chi connectivity index (χ4v) is 3.68. The Hall–Kier alpha value is -3.70. The maximum Gasteiger partial charge on any atom is 0.420 e. The molecule has 1 aliphatic carbocycles. The van der Waals surface area contributed by atoms with Gasteiger partial charge in [-0.25, -0.2) is 0 Å². The largest absolute Gasteiger partial charge is 0.456 e. The molecule has 0 unspecified atom stereocenters. The van der Waals surface area contributed by atoms with Gasteiger partial charge in [-0.3, -0.25) is 9.59 Å². The quantitative estimate of drug-likeness (QED) is 0.275. The summed E-state index contributed by atoms with van der Waals surface area (Å²) in [7, 11) is 0. The Bertz CT molecular complexity index is 1290. The first kappa shape index (κ1) is 25.4. The molecule has 3 N–H and O–H groups in total. The zero-order valence-corrected chi connectivity index (χ0v) is 19.0. The summed E-state index contributed by atoms with van der Waals surface area (Å²) in [5.41, 5.74) is -2.91. The van der Waals surface area contributed by atoms with Crippen molar-refractivity contribution in [3.8, 4) is 11.5 Å². The second-order valence-corrected chi connectivity index (χ2v) is 8.81. The van der Waals surface area contributed by atoms with Crippen LogP contribution in [0.5, 0.6) is 11.5 Å². The first-order valence-corrected chi connectivity index (χ1v) is 11.0. The number of carbonyl (C=O) groups excluding carboxylic acids is 2. The van der Waals surface area contributed by atoms with Gasteiger partial charge in [0.1, 0.15) is 16.9 Å². The predicted molar refractivity (Wildman–Crippen MR) is 119 cm³/mol. The Balaban J connectivity index is 1.77. The molecule has 1 aliphatic rings. The van der Waals surface area contributed by atoms with Crippen LogP contribution in [0.15, 0.2) is 36.5 Å². The molecule has 36 heavy (non-hydrogen) atoms. The fourth-order valence-electron chi connectivity index (χ4n) is 3.68. The van der Waals surface area contributed by atoms with Crippen molar-refractivity contribution in [2.24, 2.45) is 0 Å². The normalized spacial score (nSPS) is 14.2. The molecule has 1 heterocycles. The number of carbonyl (C=O) groups is 2. The van der Waals surface area contributed by atoms with Gasteiger partial charge in [-0.15, -0.1) is 0 Å². The van der Waals surface area contributed by atoms with Gasteiger partial charge in [-0.1, -0.05) is 13.8 Å². The molecule has 12 heteroatoms. The minimum atomic E-state index is -5.27. The van der Waals surface area contributed by atoms with Gasteiger partial charge in [0, 0.05) is 28.8 Å². The van der Waals surface area contributed by atoms with E-state index < -0.39 is 46.7 Å². The molecule has 3 aromatic rings. The van der Waals surface area contributed by atoms with E-state index in [1.165, 1.54) is 18.2 Å². The summed E-state index contributed by atoms with van der Waals surface area (Å²) in [5, 5.41) is 4.72. The molecule has 1 aromatic heterocycles. The molecular weight excluding hydrogens is 492 g/mol. The Kier molecular flexibility index (Phi) is 6.40. The van der Waals surface area contributed by atoms with Crippen LogP contribution in [0.1, 0.15) is 49.3 Å². The van der Waals surface area contributed by atoms with Crippen LogP contribution in [0.2, 0.25) is 0 Å². The number of rotatable bonds is 5. The monoisotopic (exact) mass is 513 g/mol. The van der Waals surface area contributed by atoms with E-state index in [0.29, 0.717) is 35.9 Å². The van der Waals surface area contributed by atoms with Crippen LogP contribution < -0.4 is 15.4 Å². The average molecular weight is 513 g/mol. The number of H-pyrrole nitrogens is 1. The van der Waals surface area contributed by atoms with Crippen LogP contribution in [-0.4, -0.2) is 22.8 Å². The molecule has 6 nitrogen and oxygen atoms in total. The van der Waals surface area contributed by atoms with Crippen LogP contribution in [0.3, 0.4) is 0 Å². The van der Waals surface area contributed by atoms with Crippen LogP contribution in [0.4, 0.5) is 32.0 Å². The van der Waals surface area contributed by atoms with Crippen LogP contribution in [-0.2, 0) is 21.9 Å². The molecule has 0 bridgehead atoms. The molecule has 192 valence electrons. The molecule has 0 atom stereocenters. The van der Waals surface area contributed by atoms with Crippen LogP contribution in [0.25, 0.3) is 10.9 Å². The van der Waals surface area contributed by atoms with E-state index in [1.54, 1.807) is 6.20 Å². The summed E-state index contributed by atoms with van der Waals surface area (Å²) in [4.78, 5) is 26.9. The molecule has 0 aliphatic heterocycles. The number of anilines is 1. The van der Waals surface area contributed by atoms with Crippen molar-refractivity contribution < 1.29 is 40.7 Å². The van der Waals surface area contributed by atoms with Gasteiger partial charge in [0.15, 0.2) is 5.75 Å². The number of aromatic nitrogens is 1. The number of ether oxygens (including phenoxy) is 1. The van der Waals surface area contributed by atoms with Gasteiger partial charge in [0.25, 0.3) is 0 Å². The number of hydrogen-bond acceptors (Lipinski definition) is 3. The summed E-state index contributed by atoms with van der Waals surface area (Å²) in [6.07, 6.45) is -7.57. The summed E-state index contributed by atoms with van der Waals surface area (Å²) < 4.78 is 88.7. The lowest BCUT2D eigenvalue weighted by molar-refractivity contribution is -0.145. The number of halogens is 6. The highest BCUT2D eigenvalue weighted by atomic mass is 19.4. The van der Waals surface area contributed by atoms with Gasteiger partial charge in [0.05, 0.1) is 0 Å². The number of amides is 2. The highest BCUT2D eigenvalue weighted by molar-refractivity contribution is 6.39. The smallest absolute Gasteiger partial charge is 0.420 e. The van der Waals surface area contributed by atoms with Crippen molar-refractivity contribution in [2.45, 2.75) is 51.0 Å². The second kappa shape index (κ2) is 9.07. The molecule has 0 spiro atoms. The molecule has 0 saturated heterocycles. The highest BCUT2D eigenvalue weighted by Crippen LogP contribution is 2.47. The van der Waals surface area contributed by atoms with E-state index in [2.05, 4.69) is 10.3 Å². The van der Waals surface area contributed by atoms with Gasteiger partial charge in [0.2, 0.25) is 0 Å². The van der Waals surface area contributed by atoms with Gasteiger partial charge < -0.3 is 20.4 Å². The van der Waals surface area contributed by atoms with E-state index >= 15 is 0 Å². The van der Waals surface area contributed by atoms with Crippen molar-refractivity contribution in [1.82, 2.24) is 10.3 Å². The second-order valence-electron chi connectivity index (χ2n) is 8.81. The molecular formula is C24H21F6N3O3. The van der Waals surface area contributed by atoms with Crippen LogP contribution >= 0.6 is 0 Å². The lowest BCUT2D eigenvalue weighted by Crippen LogP contribution is -2.36. The third-order valence-corrected chi connectivity index (χ3v) is 5.60. The molecule has 2 amide bonds. The number of fused-ring (bicyclic) bond motifs is 1. The third kappa shape index (κ3) is 5.42. The summed E-state index contributed by atoms with van der Waals surface area (Å²) in [6, 6.07) is 4.48. The molecule has 0 radical (unpaired) electrons. The number of hydrogen-bond donors (Lipinski definition) is 3. The van der Waals surface area contributed by atoms with E-state index in [0.717, 1.165) is 5.56 Å². The zero-order valence-electron chi connectivity index (χ0n) is 19.0. The third-order valence-electron chi connectivity index (χ3n) is 5.60. The SMILES string of the molecule is CC(C)c1c[nH]c2ccc(Oc3c(C(F)(F)F)cc(NC(=O)C(=O)NC4CC4)cc3C(F)(F)F)cc12. The average Bonchev–Trinajstić information content (AvgIpc) is 3.47. The number of alkyl halides is 6. The van der Waals surface area contributed by atoms with Crippen molar-refractivity contribution in [2.75, 3.05) is 5.32 Å². The fraction of sp³-hybridized carbons (Fsp3) is 0.333. The van der Waals surface area contributed by atoms with Crippen molar-refractivity contribution in [3.63, 3.8) is 0 Å². The first-order valence-electron chi connectivity index (χ1n) is 11.0. The van der Waals surface area contributed by atoms with Gasteiger partial charge in [-0.05, 0) is 54.7 Å². The van der Waals surface area contributed by atoms with Gasteiger partial charge >= 0.3 is 24.2 Å². The Morgan fingerprint density at radius 3 is 2.11 bits per heavy atom. The minimum Gasteiger partial charge on any atom is -0.456 e. The minimum absolute atomic E-state index is 0.0329. The first-order chi connectivity index (χ1) is 16.7. The standard InChI is InChI=1S/C24H21F6N3O3/c1-11(2)16-10-31-19-6-5-14(9-15(16)19)36-20-17(23(25,26)27)7-13(8-18(20)24(28,29)30)33-22(35)21(34)32-12-3-4-12/h5-12,31H,3-4H2,1-2H3,(H,32,34)(H,33,35). The number of aromatic amines is 1. The lowest BCUT2D eigenvalue weighted by Gasteiger charge is -2.21. The topological polar surface area (TPSA) is 83.2 Å². The van der Waals surface area contributed by atoms with Crippen LogP contribution in [0, 0.1) is 0 Å². The van der Waals surface area contributed by atoms with E-state index in [-0.39, 0.29) is 17.7 Å². The summed E-state index contributed by atoms with van der Waals surface area (Å²) >= 11 is 0.